The molecule has 2 nitrogen and oxygen atoms in total. The summed E-state index contributed by atoms with van der Waals surface area (Å²) in [5.41, 5.74) is 1.85. The molecule has 0 atom stereocenters. The van der Waals surface area contributed by atoms with Gasteiger partial charge in [-0.05, 0) is 29.3 Å². The molecule has 0 fully saturated rings. The van der Waals surface area contributed by atoms with Crippen molar-refractivity contribution in [2.45, 2.75) is 13.0 Å². The number of amides is 1. The fourth-order valence-corrected chi connectivity index (χ4v) is 2.35. The van der Waals surface area contributed by atoms with Gasteiger partial charge in [-0.3, -0.25) is 4.79 Å². The van der Waals surface area contributed by atoms with E-state index in [0.717, 1.165) is 11.1 Å². The summed E-state index contributed by atoms with van der Waals surface area (Å²) in [5.74, 6) is 0.0260. The molecule has 0 heterocycles. The number of hydrogen-bond acceptors (Lipinski definition) is 1. The number of carbonyl (C=O) groups excluding carboxylic acids is 1. The van der Waals surface area contributed by atoms with E-state index in [1.54, 1.807) is 18.0 Å². The van der Waals surface area contributed by atoms with Gasteiger partial charge in [0.1, 0.15) is 0 Å². The van der Waals surface area contributed by atoms with Crippen molar-refractivity contribution in [3.8, 4) is 0 Å². The quantitative estimate of drug-likeness (QED) is 0.829. The van der Waals surface area contributed by atoms with Crippen LogP contribution in [-0.2, 0) is 17.8 Å². The van der Waals surface area contributed by atoms with Crippen molar-refractivity contribution in [2.75, 3.05) is 7.05 Å². The fraction of sp³-hybridized carbons (Fsp3) is 0.188. The van der Waals surface area contributed by atoms with Gasteiger partial charge >= 0.3 is 0 Å². The van der Waals surface area contributed by atoms with Crippen molar-refractivity contribution in [2.24, 2.45) is 0 Å². The highest BCUT2D eigenvalue weighted by molar-refractivity contribution is 6.31. The predicted molar refractivity (Wildman–Crippen MR) is 83.1 cm³/mol. The average molecular weight is 308 g/mol. The minimum absolute atomic E-state index is 0.0260. The van der Waals surface area contributed by atoms with E-state index in [1.807, 2.05) is 42.5 Å². The molecule has 0 aromatic heterocycles. The van der Waals surface area contributed by atoms with Gasteiger partial charge in [0.15, 0.2) is 0 Å². The second-order valence-corrected chi connectivity index (χ2v) is 5.49. The highest BCUT2D eigenvalue weighted by atomic mass is 35.5. The lowest BCUT2D eigenvalue weighted by Gasteiger charge is -2.18. The molecule has 104 valence electrons. The summed E-state index contributed by atoms with van der Waals surface area (Å²) >= 11 is 12.0. The van der Waals surface area contributed by atoms with Gasteiger partial charge in [0, 0.05) is 23.6 Å². The lowest BCUT2D eigenvalue weighted by atomic mass is 10.1. The maximum absolute atomic E-state index is 12.2. The van der Waals surface area contributed by atoms with Crippen LogP contribution in [-0.4, -0.2) is 17.9 Å². The van der Waals surface area contributed by atoms with Crippen LogP contribution >= 0.6 is 23.2 Å². The zero-order valence-electron chi connectivity index (χ0n) is 11.1. The third-order valence-corrected chi connectivity index (χ3v) is 3.64. The van der Waals surface area contributed by atoms with Gasteiger partial charge in [-0.1, -0.05) is 53.5 Å². The highest BCUT2D eigenvalue weighted by Crippen LogP contribution is 2.17. The average Bonchev–Trinajstić information content (AvgIpc) is 2.41. The van der Waals surface area contributed by atoms with E-state index in [4.69, 9.17) is 23.2 Å². The Hall–Kier alpha value is -1.51. The molecule has 4 heteroatoms. The first-order chi connectivity index (χ1) is 9.56. The summed E-state index contributed by atoms with van der Waals surface area (Å²) in [6, 6.07) is 14.9. The fourth-order valence-electron chi connectivity index (χ4n) is 1.94. The minimum Gasteiger partial charge on any atom is -0.341 e. The lowest BCUT2D eigenvalue weighted by Crippen LogP contribution is -2.27. The first-order valence-corrected chi connectivity index (χ1v) is 7.03. The Balaban J connectivity index is 2.01. The molecule has 0 saturated heterocycles. The number of halogens is 2. The smallest absolute Gasteiger partial charge is 0.227 e. The molecule has 2 aromatic carbocycles. The first kappa shape index (κ1) is 14.9. The van der Waals surface area contributed by atoms with E-state index in [9.17, 15) is 4.79 Å². The summed E-state index contributed by atoms with van der Waals surface area (Å²) in [5, 5.41) is 1.30. The van der Waals surface area contributed by atoms with Crippen molar-refractivity contribution < 1.29 is 4.79 Å². The third-order valence-electron chi connectivity index (χ3n) is 3.03. The molecule has 0 spiro atoms. The lowest BCUT2D eigenvalue weighted by molar-refractivity contribution is -0.129. The van der Waals surface area contributed by atoms with Crippen LogP contribution in [0.1, 0.15) is 11.1 Å². The van der Waals surface area contributed by atoms with Crippen LogP contribution < -0.4 is 0 Å². The van der Waals surface area contributed by atoms with E-state index >= 15 is 0 Å². The summed E-state index contributed by atoms with van der Waals surface area (Å²) in [7, 11) is 1.78. The van der Waals surface area contributed by atoms with E-state index < -0.39 is 0 Å². The van der Waals surface area contributed by atoms with Crippen molar-refractivity contribution in [1.29, 1.82) is 0 Å². The van der Waals surface area contributed by atoms with Gasteiger partial charge in [-0.15, -0.1) is 0 Å². The zero-order valence-corrected chi connectivity index (χ0v) is 12.7. The van der Waals surface area contributed by atoms with Crippen molar-refractivity contribution in [1.82, 2.24) is 4.90 Å². The Morgan fingerprint density at radius 2 is 1.85 bits per heavy atom. The first-order valence-electron chi connectivity index (χ1n) is 6.28. The number of benzene rings is 2. The van der Waals surface area contributed by atoms with E-state index in [0.29, 0.717) is 23.0 Å². The summed E-state index contributed by atoms with van der Waals surface area (Å²) in [6.07, 6.45) is 0.302. The molecule has 0 radical (unpaired) electrons. The van der Waals surface area contributed by atoms with Gasteiger partial charge in [0.25, 0.3) is 0 Å². The molecule has 0 N–H and O–H groups in total. The molecule has 0 aliphatic rings. The van der Waals surface area contributed by atoms with Gasteiger partial charge < -0.3 is 4.90 Å². The van der Waals surface area contributed by atoms with E-state index in [1.165, 1.54) is 0 Å². The van der Waals surface area contributed by atoms with E-state index in [2.05, 4.69) is 0 Å². The predicted octanol–water partition coefficient (Wildman–Crippen LogP) is 4.19. The van der Waals surface area contributed by atoms with Crippen LogP contribution in [0.4, 0.5) is 0 Å². The van der Waals surface area contributed by atoms with Gasteiger partial charge in [0.05, 0.1) is 6.42 Å². The molecule has 0 aliphatic heterocycles. The van der Waals surface area contributed by atoms with Crippen LogP contribution in [0.5, 0.6) is 0 Å². The van der Waals surface area contributed by atoms with Crippen molar-refractivity contribution in [3.63, 3.8) is 0 Å². The number of likely N-dealkylation sites (N-methyl/N-ethyl adjacent to an activating group) is 1. The largest absolute Gasteiger partial charge is 0.341 e. The second kappa shape index (κ2) is 6.78. The Morgan fingerprint density at radius 1 is 1.10 bits per heavy atom. The molecular formula is C16H15Cl2NO. The number of rotatable bonds is 4. The van der Waals surface area contributed by atoms with Crippen LogP contribution in [0.3, 0.4) is 0 Å². The molecule has 0 bridgehead atoms. The molecule has 0 aliphatic carbocycles. The Labute approximate surface area is 128 Å². The number of hydrogen-bond donors (Lipinski definition) is 0. The monoisotopic (exact) mass is 307 g/mol. The molecule has 0 saturated carbocycles. The Morgan fingerprint density at radius 3 is 2.55 bits per heavy atom. The Kier molecular flexibility index (Phi) is 5.05. The van der Waals surface area contributed by atoms with Gasteiger partial charge in [-0.2, -0.15) is 0 Å². The highest BCUT2D eigenvalue weighted by Gasteiger charge is 2.12. The molecular weight excluding hydrogens is 293 g/mol. The van der Waals surface area contributed by atoms with Crippen molar-refractivity contribution >= 4 is 29.1 Å². The zero-order chi connectivity index (χ0) is 14.5. The van der Waals surface area contributed by atoms with Crippen LogP contribution in [0, 0.1) is 0 Å². The van der Waals surface area contributed by atoms with Crippen LogP contribution in [0.25, 0.3) is 0 Å². The molecule has 2 aromatic rings. The topological polar surface area (TPSA) is 20.3 Å². The maximum atomic E-state index is 12.2. The minimum atomic E-state index is 0.0260. The summed E-state index contributed by atoms with van der Waals surface area (Å²) in [4.78, 5) is 13.9. The Bertz CT molecular complexity index is 613. The summed E-state index contributed by atoms with van der Waals surface area (Å²) < 4.78 is 0. The molecule has 1 amide bonds. The van der Waals surface area contributed by atoms with E-state index in [-0.39, 0.29) is 5.91 Å². The van der Waals surface area contributed by atoms with Crippen LogP contribution in [0.15, 0.2) is 48.5 Å². The molecule has 20 heavy (non-hydrogen) atoms. The normalized spacial score (nSPS) is 10.3. The van der Waals surface area contributed by atoms with Crippen molar-refractivity contribution in [3.05, 3.63) is 69.7 Å². The number of nitrogens with zero attached hydrogens (tertiary/aromatic N) is 1. The van der Waals surface area contributed by atoms with Gasteiger partial charge in [0.2, 0.25) is 5.91 Å². The van der Waals surface area contributed by atoms with Crippen LogP contribution in [0.2, 0.25) is 10.0 Å². The third kappa shape index (κ3) is 3.99. The molecule has 2 rings (SSSR count). The SMILES string of the molecule is CN(Cc1cccc(Cl)c1)C(=O)Cc1ccccc1Cl. The standard InChI is InChI=1S/C16H15Cl2NO/c1-19(11-12-5-4-7-14(17)9-12)16(20)10-13-6-2-3-8-15(13)18/h2-9H,10-11H2,1H3. The maximum Gasteiger partial charge on any atom is 0.227 e. The summed E-state index contributed by atoms with van der Waals surface area (Å²) in [6.45, 7) is 0.532. The number of carbonyl (C=O) groups is 1. The van der Waals surface area contributed by atoms with Gasteiger partial charge in [-0.25, -0.2) is 0 Å². The molecule has 0 unspecified atom stereocenters. The second-order valence-electron chi connectivity index (χ2n) is 4.65.